The Morgan fingerprint density at radius 3 is 2.79 bits per heavy atom. The number of tetrazole rings is 1. The van der Waals surface area contributed by atoms with Crippen LogP contribution in [0, 0.1) is 0 Å². The predicted octanol–water partition coefficient (Wildman–Crippen LogP) is 1.45. The number of nitrogens with two attached hydrogens (primary N) is 1. The van der Waals surface area contributed by atoms with Crippen molar-refractivity contribution in [1.82, 2.24) is 20.2 Å². The van der Waals surface area contributed by atoms with Crippen molar-refractivity contribution in [3.63, 3.8) is 0 Å². The zero-order valence-corrected chi connectivity index (χ0v) is 10.9. The standard InChI is InChI=1S/C13H17N5O/c1-13(7-2-8-19-9-13)18-12(15-16-17-18)10-3-5-11(14)6-4-10/h3-6H,2,7-9,14H2,1H3. The van der Waals surface area contributed by atoms with E-state index in [1.54, 1.807) is 0 Å². The van der Waals surface area contributed by atoms with E-state index in [1.165, 1.54) is 0 Å². The highest BCUT2D eigenvalue weighted by Gasteiger charge is 2.33. The topological polar surface area (TPSA) is 78.9 Å². The van der Waals surface area contributed by atoms with E-state index < -0.39 is 0 Å². The molecule has 6 nitrogen and oxygen atoms in total. The summed E-state index contributed by atoms with van der Waals surface area (Å²) >= 11 is 0. The molecule has 19 heavy (non-hydrogen) atoms. The summed E-state index contributed by atoms with van der Waals surface area (Å²) in [7, 11) is 0. The van der Waals surface area contributed by atoms with E-state index in [4.69, 9.17) is 10.5 Å². The van der Waals surface area contributed by atoms with Crippen molar-refractivity contribution < 1.29 is 4.74 Å². The van der Waals surface area contributed by atoms with Crippen LogP contribution in [0.3, 0.4) is 0 Å². The van der Waals surface area contributed by atoms with E-state index in [0.29, 0.717) is 6.61 Å². The molecule has 0 bridgehead atoms. The van der Waals surface area contributed by atoms with Crippen molar-refractivity contribution in [3.8, 4) is 11.4 Å². The molecule has 1 fully saturated rings. The molecule has 1 aliphatic heterocycles. The van der Waals surface area contributed by atoms with Gasteiger partial charge >= 0.3 is 0 Å². The minimum Gasteiger partial charge on any atom is -0.399 e. The van der Waals surface area contributed by atoms with Crippen LogP contribution >= 0.6 is 0 Å². The molecule has 100 valence electrons. The molecule has 1 atom stereocenters. The van der Waals surface area contributed by atoms with Crippen LogP contribution in [0.1, 0.15) is 19.8 Å². The molecule has 1 aromatic carbocycles. The second kappa shape index (κ2) is 4.62. The molecule has 0 aliphatic carbocycles. The van der Waals surface area contributed by atoms with Gasteiger partial charge in [-0.25, -0.2) is 4.68 Å². The first-order chi connectivity index (χ1) is 9.19. The summed E-state index contributed by atoms with van der Waals surface area (Å²) in [6.07, 6.45) is 2.04. The fraction of sp³-hybridized carbons (Fsp3) is 0.462. The Kier molecular flexibility index (Phi) is 2.94. The van der Waals surface area contributed by atoms with Crippen molar-refractivity contribution in [2.75, 3.05) is 18.9 Å². The number of rotatable bonds is 2. The number of anilines is 1. The number of benzene rings is 1. The van der Waals surface area contributed by atoms with Gasteiger partial charge in [0.2, 0.25) is 0 Å². The molecule has 1 aromatic heterocycles. The molecule has 0 amide bonds. The Bertz CT molecular complexity index is 557. The van der Waals surface area contributed by atoms with E-state index in [2.05, 4.69) is 22.4 Å². The fourth-order valence-electron chi connectivity index (χ4n) is 2.45. The number of nitrogens with zero attached hydrogens (tertiary/aromatic N) is 4. The molecule has 2 heterocycles. The molecular formula is C13H17N5O. The Labute approximate surface area is 111 Å². The number of nitrogen functional groups attached to an aromatic ring is 1. The summed E-state index contributed by atoms with van der Waals surface area (Å²) in [4.78, 5) is 0. The number of ether oxygens (including phenoxy) is 1. The van der Waals surface area contributed by atoms with Gasteiger partial charge in [-0.1, -0.05) is 0 Å². The third-order valence-corrected chi connectivity index (χ3v) is 3.57. The van der Waals surface area contributed by atoms with Gasteiger partial charge < -0.3 is 10.5 Å². The maximum atomic E-state index is 5.71. The average Bonchev–Trinajstić information content (AvgIpc) is 2.90. The van der Waals surface area contributed by atoms with Crippen molar-refractivity contribution in [3.05, 3.63) is 24.3 Å². The lowest BCUT2D eigenvalue weighted by Crippen LogP contribution is -2.40. The smallest absolute Gasteiger partial charge is 0.182 e. The highest BCUT2D eigenvalue weighted by molar-refractivity contribution is 5.58. The van der Waals surface area contributed by atoms with Gasteiger partial charge in [0.1, 0.15) is 0 Å². The first-order valence-electron chi connectivity index (χ1n) is 6.42. The van der Waals surface area contributed by atoms with E-state index in [0.717, 1.165) is 36.5 Å². The molecule has 1 saturated heterocycles. The van der Waals surface area contributed by atoms with Crippen LogP contribution < -0.4 is 5.73 Å². The van der Waals surface area contributed by atoms with Gasteiger partial charge in [-0.2, -0.15) is 0 Å². The van der Waals surface area contributed by atoms with Crippen molar-refractivity contribution in [2.45, 2.75) is 25.3 Å². The van der Waals surface area contributed by atoms with Crippen molar-refractivity contribution in [1.29, 1.82) is 0 Å². The summed E-state index contributed by atoms with van der Waals surface area (Å²) in [6.45, 7) is 3.58. The van der Waals surface area contributed by atoms with Crippen LogP contribution in [0.2, 0.25) is 0 Å². The molecule has 2 aromatic rings. The van der Waals surface area contributed by atoms with Crippen LogP contribution in [0.25, 0.3) is 11.4 Å². The van der Waals surface area contributed by atoms with E-state index in [9.17, 15) is 0 Å². The van der Waals surface area contributed by atoms with Crippen LogP contribution in [0.5, 0.6) is 0 Å². The van der Waals surface area contributed by atoms with Gasteiger partial charge in [0, 0.05) is 17.9 Å². The summed E-state index contributed by atoms with van der Waals surface area (Å²) in [5.74, 6) is 0.757. The molecule has 2 N–H and O–H groups in total. The highest BCUT2D eigenvalue weighted by atomic mass is 16.5. The second-order valence-electron chi connectivity index (χ2n) is 5.19. The third kappa shape index (κ3) is 2.19. The Hall–Kier alpha value is -1.95. The molecule has 3 rings (SSSR count). The second-order valence-corrected chi connectivity index (χ2v) is 5.19. The first kappa shape index (κ1) is 12.1. The fourth-order valence-corrected chi connectivity index (χ4v) is 2.45. The monoisotopic (exact) mass is 259 g/mol. The molecule has 0 saturated carbocycles. The van der Waals surface area contributed by atoms with Gasteiger partial charge in [-0.3, -0.25) is 0 Å². The Balaban J connectivity index is 2.00. The zero-order valence-electron chi connectivity index (χ0n) is 10.9. The van der Waals surface area contributed by atoms with Crippen molar-refractivity contribution in [2.24, 2.45) is 0 Å². The normalized spacial score (nSPS) is 23.4. The summed E-state index contributed by atoms with van der Waals surface area (Å²) in [5.41, 5.74) is 7.22. The number of hydrogen-bond acceptors (Lipinski definition) is 5. The maximum absolute atomic E-state index is 5.71. The molecule has 1 aliphatic rings. The summed E-state index contributed by atoms with van der Waals surface area (Å²) in [6, 6.07) is 7.58. The molecular weight excluding hydrogens is 242 g/mol. The maximum Gasteiger partial charge on any atom is 0.182 e. The quantitative estimate of drug-likeness (QED) is 0.826. The van der Waals surface area contributed by atoms with E-state index in [1.807, 2.05) is 28.9 Å². The van der Waals surface area contributed by atoms with Gasteiger partial charge in [0.05, 0.1) is 12.1 Å². The van der Waals surface area contributed by atoms with Gasteiger partial charge in [0.25, 0.3) is 0 Å². The summed E-state index contributed by atoms with van der Waals surface area (Å²) < 4.78 is 7.46. The average molecular weight is 259 g/mol. The molecule has 1 unspecified atom stereocenters. The first-order valence-corrected chi connectivity index (χ1v) is 6.42. The van der Waals surface area contributed by atoms with Crippen LogP contribution in [0.4, 0.5) is 5.69 Å². The van der Waals surface area contributed by atoms with Crippen LogP contribution in [-0.2, 0) is 10.3 Å². The highest BCUT2D eigenvalue weighted by Crippen LogP contribution is 2.30. The molecule has 0 radical (unpaired) electrons. The summed E-state index contributed by atoms with van der Waals surface area (Å²) in [5, 5.41) is 12.1. The van der Waals surface area contributed by atoms with Gasteiger partial charge in [-0.05, 0) is 54.5 Å². The van der Waals surface area contributed by atoms with Crippen LogP contribution in [-0.4, -0.2) is 33.4 Å². The lowest BCUT2D eigenvalue weighted by molar-refractivity contribution is 0.00348. The van der Waals surface area contributed by atoms with Crippen molar-refractivity contribution >= 4 is 5.69 Å². The lowest BCUT2D eigenvalue weighted by atomic mass is 9.94. The van der Waals surface area contributed by atoms with Gasteiger partial charge in [0.15, 0.2) is 5.82 Å². The van der Waals surface area contributed by atoms with E-state index >= 15 is 0 Å². The Morgan fingerprint density at radius 2 is 2.11 bits per heavy atom. The predicted molar refractivity (Wildman–Crippen MR) is 71.4 cm³/mol. The minimum atomic E-state index is -0.182. The zero-order chi connectivity index (χ0) is 13.3. The number of aromatic nitrogens is 4. The third-order valence-electron chi connectivity index (χ3n) is 3.57. The van der Waals surface area contributed by atoms with Gasteiger partial charge in [-0.15, -0.1) is 5.10 Å². The largest absolute Gasteiger partial charge is 0.399 e. The number of hydrogen-bond donors (Lipinski definition) is 1. The SMILES string of the molecule is CC1(n2nnnc2-c2ccc(N)cc2)CCCOC1. The van der Waals surface area contributed by atoms with Crippen LogP contribution in [0.15, 0.2) is 24.3 Å². The van der Waals surface area contributed by atoms with E-state index in [-0.39, 0.29) is 5.54 Å². The lowest BCUT2D eigenvalue weighted by Gasteiger charge is -2.33. The minimum absolute atomic E-state index is 0.182. The molecule has 0 spiro atoms. The Morgan fingerprint density at radius 1 is 1.32 bits per heavy atom. The molecule has 6 heteroatoms.